The summed E-state index contributed by atoms with van der Waals surface area (Å²) in [7, 11) is 1.92. The minimum atomic E-state index is 0.630. The van der Waals surface area contributed by atoms with E-state index in [9.17, 15) is 0 Å². The summed E-state index contributed by atoms with van der Waals surface area (Å²) in [6.07, 6.45) is 5.72. The fourth-order valence-corrected chi connectivity index (χ4v) is 2.19. The summed E-state index contributed by atoms with van der Waals surface area (Å²) in [4.78, 5) is 13.4. The first kappa shape index (κ1) is 13.3. The van der Waals surface area contributed by atoms with E-state index >= 15 is 0 Å². The van der Waals surface area contributed by atoms with E-state index < -0.39 is 0 Å². The van der Waals surface area contributed by atoms with Crippen LogP contribution in [0.5, 0.6) is 0 Å². The number of aromatic nitrogens is 4. The van der Waals surface area contributed by atoms with Gasteiger partial charge in [0, 0.05) is 25.0 Å². The van der Waals surface area contributed by atoms with Crippen LogP contribution in [-0.4, -0.2) is 19.2 Å². The van der Waals surface area contributed by atoms with Gasteiger partial charge in [-0.2, -0.15) is 4.98 Å². The largest absolute Gasteiger partial charge is 0.252 e. The molecule has 0 aliphatic heterocycles. The van der Waals surface area contributed by atoms with Crippen molar-refractivity contribution >= 4 is 17.0 Å². The molecule has 0 unspecified atom stereocenters. The zero-order valence-electron chi connectivity index (χ0n) is 12.4. The third-order valence-corrected chi connectivity index (χ3v) is 3.50. The predicted octanol–water partition coefficient (Wildman–Crippen LogP) is 2.72. The summed E-state index contributed by atoms with van der Waals surface area (Å²) in [5.74, 6) is 0.638. The Hall–Kier alpha value is -2.69. The van der Waals surface area contributed by atoms with Crippen LogP contribution in [-0.2, 0) is 7.05 Å². The van der Waals surface area contributed by atoms with Gasteiger partial charge >= 0.3 is 0 Å². The fourth-order valence-electron chi connectivity index (χ4n) is 2.19. The molecule has 0 radical (unpaired) electrons. The van der Waals surface area contributed by atoms with Crippen LogP contribution < -0.4 is 5.62 Å². The first-order chi connectivity index (χ1) is 10.2. The Balaban J connectivity index is 2.24. The number of hydrogen-bond donors (Lipinski definition) is 0. The van der Waals surface area contributed by atoms with Gasteiger partial charge in [0.25, 0.3) is 5.78 Å². The Labute approximate surface area is 122 Å². The molecule has 0 atom stereocenters. The SMILES string of the molecule is CC=C(C)c1ccccc1N=c1nc2ncccn2n1C. The smallest absolute Gasteiger partial charge is 0.248 e. The molecule has 0 saturated heterocycles. The molecule has 1 aromatic carbocycles. The number of aryl methyl sites for hydroxylation is 1. The van der Waals surface area contributed by atoms with Crippen molar-refractivity contribution in [1.82, 2.24) is 19.2 Å². The highest BCUT2D eigenvalue weighted by molar-refractivity contribution is 5.73. The Morgan fingerprint density at radius 3 is 2.81 bits per heavy atom. The van der Waals surface area contributed by atoms with Crippen molar-refractivity contribution in [3.8, 4) is 0 Å². The molecule has 3 aromatic rings. The van der Waals surface area contributed by atoms with Crippen molar-refractivity contribution in [2.45, 2.75) is 13.8 Å². The molecule has 0 aliphatic rings. The monoisotopic (exact) mass is 279 g/mol. The standard InChI is InChI=1S/C16H17N5/c1-4-12(2)13-8-5-6-9-14(13)18-16-19-15-17-10-7-11-21(15)20(16)3/h4-11H,1-3H3. The number of para-hydroxylation sites is 1. The van der Waals surface area contributed by atoms with E-state index in [1.807, 2.05) is 53.6 Å². The summed E-state index contributed by atoms with van der Waals surface area (Å²) < 4.78 is 3.74. The highest BCUT2D eigenvalue weighted by Crippen LogP contribution is 2.25. The van der Waals surface area contributed by atoms with Crippen LogP contribution in [0.1, 0.15) is 19.4 Å². The number of allylic oxidation sites excluding steroid dienone is 2. The molecule has 0 spiro atoms. The average Bonchev–Trinajstić information content (AvgIpc) is 2.84. The number of hydrogen-bond acceptors (Lipinski definition) is 3. The number of fused-ring (bicyclic) bond motifs is 1. The van der Waals surface area contributed by atoms with E-state index in [2.05, 4.69) is 29.0 Å². The first-order valence-corrected chi connectivity index (χ1v) is 6.84. The van der Waals surface area contributed by atoms with Gasteiger partial charge in [-0.1, -0.05) is 24.3 Å². The van der Waals surface area contributed by atoms with Gasteiger partial charge < -0.3 is 0 Å². The number of rotatable bonds is 2. The lowest BCUT2D eigenvalue weighted by Gasteiger charge is -2.04. The lowest BCUT2D eigenvalue weighted by Crippen LogP contribution is -2.18. The van der Waals surface area contributed by atoms with Crippen molar-refractivity contribution in [3.05, 3.63) is 60.0 Å². The molecule has 0 saturated carbocycles. The molecule has 2 heterocycles. The second-order valence-corrected chi connectivity index (χ2v) is 4.80. The normalized spacial score (nSPS) is 13.1. The molecular formula is C16H17N5. The molecule has 106 valence electrons. The van der Waals surface area contributed by atoms with Crippen LogP contribution in [0.2, 0.25) is 0 Å². The van der Waals surface area contributed by atoms with Gasteiger partial charge in [-0.3, -0.25) is 0 Å². The molecular weight excluding hydrogens is 262 g/mol. The van der Waals surface area contributed by atoms with E-state index in [0.717, 1.165) is 11.3 Å². The van der Waals surface area contributed by atoms with Gasteiger partial charge in [0.05, 0.1) is 5.69 Å². The molecule has 0 N–H and O–H groups in total. The van der Waals surface area contributed by atoms with Crippen molar-refractivity contribution in [2.24, 2.45) is 12.0 Å². The van der Waals surface area contributed by atoms with Crippen LogP contribution in [0.3, 0.4) is 0 Å². The maximum atomic E-state index is 4.70. The summed E-state index contributed by atoms with van der Waals surface area (Å²) in [6.45, 7) is 4.11. The zero-order valence-corrected chi connectivity index (χ0v) is 12.4. The maximum absolute atomic E-state index is 4.70. The van der Waals surface area contributed by atoms with Crippen molar-refractivity contribution in [3.63, 3.8) is 0 Å². The average molecular weight is 279 g/mol. The third-order valence-electron chi connectivity index (χ3n) is 3.50. The lowest BCUT2D eigenvalue weighted by atomic mass is 10.1. The summed E-state index contributed by atoms with van der Waals surface area (Å²) in [6, 6.07) is 9.95. The van der Waals surface area contributed by atoms with Crippen LogP contribution >= 0.6 is 0 Å². The van der Waals surface area contributed by atoms with Crippen LogP contribution in [0.25, 0.3) is 11.4 Å². The molecule has 0 fully saturated rings. The van der Waals surface area contributed by atoms with Gasteiger partial charge in [0.1, 0.15) is 0 Å². The maximum Gasteiger partial charge on any atom is 0.252 e. The van der Waals surface area contributed by atoms with Gasteiger partial charge in [-0.05, 0) is 31.6 Å². The van der Waals surface area contributed by atoms with Crippen molar-refractivity contribution in [2.75, 3.05) is 0 Å². The zero-order chi connectivity index (χ0) is 14.8. The Morgan fingerprint density at radius 2 is 2.05 bits per heavy atom. The van der Waals surface area contributed by atoms with Crippen molar-refractivity contribution < 1.29 is 0 Å². The minimum Gasteiger partial charge on any atom is -0.248 e. The van der Waals surface area contributed by atoms with E-state index in [0.29, 0.717) is 11.4 Å². The molecule has 5 heteroatoms. The highest BCUT2D eigenvalue weighted by Gasteiger charge is 2.05. The molecule has 2 aromatic heterocycles. The minimum absolute atomic E-state index is 0.630. The number of nitrogens with zero attached hydrogens (tertiary/aromatic N) is 5. The molecule has 5 nitrogen and oxygen atoms in total. The highest BCUT2D eigenvalue weighted by atomic mass is 15.4. The topological polar surface area (TPSA) is 47.5 Å². The molecule has 0 aliphatic carbocycles. The number of benzene rings is 1. The Bertz CT molecular complexity index is 883. The quantitative estimate of drug-likeness (QED) is 0.724. The Kier molecular flexibility index (Phi) is 3.39. The van der Waals surface area contributed by atoms with Crippen LogP contribution in [0, 0.1) is 0 Å². The van der Waals surface area contributed by atoms with Crippen molar-refractivity contribution in [1.29, 1.82) is 0 Å². The van der Waals surface area contributed by atoms with E-state index in [4.69, 9.17) is 4.99 Å². The Morgan fingerprint density at radius 1 is 1.24 bits per heavy atom. The lowest BCUT2D eigenvalue weighted by molar-refractivity contribution is 0.660. The molecule has 3 rings (SSSR count). The summed E-state index contributed by atoms with van der Waals surface area (Å²) in [5, 5.41) is 0. The second-order valence-electron chi connectivity index (χ2n) is 4.80. The van der Waals surface area contributed by atoms with Gasteiger partial charge in [-0.15, -0.1) is 0 Å². The van der Waals surface area contributed by atoms with Gasteiger partial charge in [0.15, 0.2) is 0 Å². The van der Waals surface area contributed by atoms with Crippen LogP contribution in [0.4, 0.5) is 5.69 Å². The summed E-state index contributed by atoms with van der Waals surface area (Å²) >= 11 is 0. The third kappa shape index (κ3) is 2.38. The predicted molar refractivity (Wildman–Crippen MR) is 82.9 cm³/mol. The first-order valence-electron chi connectivity index (χ1n) is 6.84. The van der Waals surface area contributed by atoms with E-state index in [-0.39, 0.29) is 0 Å². The molecule has 21 heavy (non-hydrogen) atoms. The van der Waals surface area contributed by atoms with E-state index in [1.165, 1.54) is 5.57 Å². The second kappa shape index (κ2) is 5.36. The molecule has 0 amide bonds. The van der Waals surface area contributed by atoms with Gasteiger partial charge in [0.2, 0.25) is 5.62 Å². The van der Waals surface area contributed by atoms with Gasteiger partial charge in [-0.25, -0.2) is 19.2 Å². The summed E-state index contributed by atoms with van der Waals surface area (Å²) in [5.41, 5.74) is 3.85. The molecule has 0 bridgehead atoms. The fraction of sp³-hybridized carbons (Fsp3) is 0.188. The van der Waals surface area contributed by atoms with Crippen LogP contribution in [0.15, 0.2) is 53.8 Å². The van der Waals surface area contributed by atoms with E-state index in [1.54, 1.807) is 6.20 Å².